The molecular formula is C11H16FN5. The van der Waals surface area contributed by atoms with E-state index in [1.54, 1.807) is 0 Å². The average Bonchev–Trinajstić information content (AvgIpc) is 2.72. The van der Waals surface area contributed by atoms with E-state index in [1.807, 2.05) is 0 Å². The third-order valence-electron chi connectivity index (χ3n) is 2.99. The van der Waals surface area contributed by atoms with Crippen LogP contribution in [0.1, 0.15) is 20.8 Å². The van der Waals surface area contributed by atoms with Gasteiger partial charge in [-0.05, 0) is 11.8 Å². The van der Waals surface area contributed by atoms with E-state index in [1.165, 1.54) is 6.33 Å². The Morgan fingerprint density at radius 2 is 2.12 bits per heavy atom. The van der Waals surface area contributed by atoms with Gasteiger partial charge in [-0.15, -0.1) is 0 Å². The van der Waals surface area contributed by atoms with Crippen LogP contribution in [0.5, 0.6) is 0 Å². The lowest BCUT2D eigenvalue weighted by molar-refractivity contribution is 0.439. The molecule has 0 fully saturated rings. The number of hydrogen-bond donors (Lipinski definition) is 2. The van der Waals surface area contributed by atoms with Crippen molar-refractivity contribution in [1.82, 2.24) is 19.9 Å². The van der Waals surface area contributed by atoms with Crippen LogP contribution in [-0.2, 0) is 0 Å². The summed E-state index contributed by atoms with van der Waals surface area (Å²) in [5, 5.41) is 3.13. The van der Waals surface area contributed by atoms with Crippen LogP contribution in [0.3, 0.4) is 0 Å². The Balaban J connectivity index is 2.20. The monoisotopic (exact) mass is 237 g/mol. The lowest BCUT2D eigenvalue weighted by Crippen LogP contribution is -2.17. The van der Waals surface area contributed by atoms with Crippen LogP contribution < -0.4 is 5.32 Å². The fourth-order valence-corrected chi connectivity index (χ4v) is 1.43. The van der Waals surface area contributed by atoms with Crippen LogP contribution in [0.2, 0.25) is 0 Å². The maximum absolute atomic E-state index is 13.1. The quantitative estimate of drug-likeness (QED) is 0.800. The van der Waals surface area contributed by atoms with Crippen molar-refractivity contribution in [1.29, 1.82) is 0 Å². The molecule has 0 aliphatic rings. The molecular weight excluding hydrogens is 221 g/mol. The Bertz CT molecular complexity index is 508. The molecule has 1 atom stereocenters. The lowest BCUT2D eigenvalue weighted by Gasteiger charge is -2.16. The molecule has 0 amide bonds. The summed E-state index contributed by atoms with van der Waals surface area (Å²) in [5.41, 5.74) is 0.986. The zero-order valence-corrected chi connectivity index (χ0v) is 10.2. The number of halogens is 1. The number of fused-ring (bicyclic) bond motifs is 1. The molecule has 5 nitrogen and oxygen atoms in total. The molecule has 0 unspecified atom stereocenters. The van der Waals surface area contributed by atoms with Crippen LogP contribution in [0, 0.1) is 17.9 Å². The molecule has 2 heterocycles. The first-order valence-corrected chi connectivity index (χ1v) is 5.68. The maximum atomic E-state index is 13.1. The van der Waals surface area contributed by atoms with Gasteiger partial charge in [0.2, 0.25) is 0 Å². The number of aromatic amines is 1. The summed E-state index contributed by atoms with van der Waals surface area (Å²) in [6.45, 7) is 7.18. The van der Waals surface area contributed by atoms with E-state index in [0.29, 0.717) is 28.8 Å². The minimum Gasteiger partial charge on any atom is -0.368 e. The van der Waals surface area contributed by atoms with E-state index in [4.69, 9.17) is 0 Å². The third kappa shape index (κ3) is 2.51. The largest absolute Gasteiger partial charge is 0.368 e. The maximum Gasteiger partial charge on any atom is 0.312 e. The number of hydrogen-bond acceptors (Lipinski definition) is 4. The smallest absolute Gasteiger partial charge is 0.312 e. The lowest BCUT2D eigenvalue weighted by atomic mass is 9.98. The second-order valence-electron chi connectivity index (χ2n) is 4.54. The molecule has 0 saturated carbocycles. The summed E-state index contributed by atoms with van der Waals surface area (Å²) in [6, 6.07) is 0. The second kappa shape index (κ2) is 4.65. The predicted molar refractivity (Wildman–Crippen MR) is 64.1 cm³/mol. The predicted octanol–water partition coefficient (Wildman–Crippen LogP) is 2.20. The Morgan fingerprint density at radius 3 is 2.82 bits per heavy atom. The van der Waals surface area contributed by atoms with E-state index < -0.39 is 6.08 Å². The van der Waals surface area contributed by atoms with Crippen molar-refractivity contribution < 1.29 is 4.39 Å². The molecule has 0 spiro atoms. The van der Waals surface area contributed by atoms with E-state index >= 15 is 0 Å². The van der Waals surface area contributed by atoms with E-state index in [2.05, 4.69) is 46.0 Å². The van der Waals surface area contributed by atoms with Crippen molar-refractivity contribution in [2.24, 2.45) is 11.8 Å². The van der Waals surface area contributed by atoms with Crippen molar-refractivity contribution >= 4 is 17.0 Å². The summed E-state index contributed by atoms with van der Waals surface area (Å²) in [7, 11) is 0. The first kappa shape index (κ1) is 11.8. The number of H-pyrrole nitrogens is 1. The fourth-order valence-electron chi connectivity index (χ4n) is 1.43. The zero-order chi connectivity index (χ0) is 12.4. The van der Waals surface area contributed by atoms with Gasteiger partial charge in [-0.3, -0.25) is 0 Å². The Kier molecular flexibility index (Phi) is 3.21. The summed E-state index contributed by atoms with van der Waals surface area (Å²) in [6.07, 6.45) is 0.722. The summed E-state index contributed by atoms with van der Waals surface area (Å²) < 4.78 is 13.1. The van der Waals surface area contributed by atoms with Crippen LogP contribution >= 0.6 is 0 Å². The first-order valence-electron chi connectivity index (χ1n) is 5.68. The molecule has 2 aromatic rings. The number of anilines is 1. The molecule has 0 bridgehead atoms. The molecule has 2 N–H and O–H groups in total. The summed E-state index contributed by atoms with van der Waals surface area (Å²) in [5.74, 6) is 1.51. The Hall–Kier alpha value is -1.72. The zero-order valence-electron chi connectivity index (χ0n) is 10.2. The Labute approximate surface area is 98.9 Å². The number of aromatic nitrogens is 4. The van der Waals surface area contributed by atoms with E-state index in [-0.39, 0.29) is 0 Å². The number of nitrogens with one attached hydrogen (secondary N) is 2. The number of imidazole rings is 1. The normalized spacial score (nSPS) is 13.2. The highest BCUT2D eigenvalue weighted by atomic mass is 19.1. The highest BCUT2D eigenvalue weighted by Gasteiger charge is 2.12. The minimum atomic E-state index is -0.760. The van der Waals surface area contributed by atoms with Crippen LogP contribution in [-0.4, -0.2) is 26.5 Å². The van der Waals surface area contributed by atoms with Gasteiger partial charge in [0.25, 0.3) is 0 Å². The molecule has 6 heteroatoms. The van der Waals surface area contributed by atoms with Gasteiger partial charge in [0.15, 0.2) is 11.5 Å². The van der Waals surface area contributed by atoms with Crippen molar-refractivity contribution in [3.05, 3.63) is 12.4 Å². The van der Waals surface area contributed by atoms with Gasteiger partial charge in [0, 0.05) is 6.54 Å². The van der Waals surface area contributed by atoms with Crippen molar-refractivity contribution in [2.45, 2.75) is 20.8 Å². The van der Waals surface area contributed by atoms with Crippen LogP contribution in [0.25, 0.3) is 11.2 Å². The minimum absolute atomic E-state index is 0.345. The van der Waals surface area contributed by atoms with Crippen LogP contribution in [0.4, 0.5) is 10.2 Å². The van der Waals surface area contributed by atoms with Gasteiger partial charge < -0.3 is 10.3 Å². The average molecular weight is 237 g/mol. The Morgan fingerprint density at radius 1 is 1.35 bits per heavy atom. The third-order valence-corrected chi connectivity index (χ3v) is 2.99. The molecule has 2 aromatic heterocycles. The SMILES string of the molecule is CC(C)[C@H](C)CNc1nc(F)nc2nc[nH]c12. The van der Waals surface area contributed by atoms with Gasteiger partial charge in [-0.2, -0.15) is 14.4 Å². The van der Waals surface area contributed by atoms with Crippen molar-refractivity contribution in [3.8, 4) is 0 Å². The highest BCUT2D eigenvalue weighted by Crippen LogP contribution is 2.17. The summed E-state index contributed by atoms with van der Waals surface area (Å²) >= 11 is 0. The molecule has 0 aromatic carbocycles. The van der Waals surface area contributed by atoms with Crippen LogP contribution in [0.15, 0.2) is 6.33 Å². The molecule has 0 aliphatic carbocycles. The molecule has 0 saturated heterocycles. The standard InChI is InChI=1S/C11H16FN5/c1-6(2)7(3)4-13-9-8-10(15-5-14-8)17-11(12)16-9/h5-7H,4H2,1-3H3,(H2,13,14,15,16,17)/t7-/m1/s1. The topological polar surface area (TPSA) is 66.5 Å². The summed E-state index contributed by atoms with van der Waals surface area (Å²) in [4.78, 5) is 14.2. The molecule has 0 aliphatic heterocycles. The van der Waals surface area contributed by atoms with E-state index in [9.17, 15) is 4.39 Å². The molecule has 17 heavy (non-hydrogen) atoms. The second-order valence-corrected chi connectivity index (χ2v) is 4.54. The number of nitrogens with zero attached hydrogens (tertiary/aromatic N) is 3. The molecule has 92 valence electrons. The first-order chi connectivity index (χ1) is 8.08. The van der Waals surface area contributed by atoms with E-state index in [0.717, 1.165) is 6.54 Å². The van der Waals surface area contributed by atoms with Crippen molar-refractivity contribution in [3.63, 3.8) is 0 Å². The highest BCUT2D eigenvalue weighted by molar-refractivity contribution is 5.81. The van der Waals surface area contributed by atoms with Crippen molar-refractivity contribution in [2.75, 3.05) is 11.9 Å². The molecule has 2 rings (SSSR count). The number of rotatable bonds is 4. The molecule has 0 radical (unpaired) electrons. The van der Waals surface area contributed by atoms with Gasteiger partial charge in [0.05, 0.1) is 6.33 Å². The van der Waals surface area contributed by atoms with Gasteiger partial charge in [-0.25, -0.2) is 4.98 Å². The van der Waals surface area contributed by atoms with Gasteiger partial charge in [-0.1, -0.05) is 20.8 Å². The van der Waals surface area contributed by atoms with Gasteiger partial charge >= 0.3 is 6.08 Å². The van der Waals surface area contributed by atoms with Gasteiger partial charge in [0.1, 0.15) is 5.52 Å². The fraction of sp³-hybridized carbons (Fsp3) is 0.545.